The minimum Gasteiger partial charge on any atom is -0.494 e. The van der Waals surface area contributed by atoms with Crippen LogP contribution in [0.15, 0.2) is 66.2 Å². The SMILES string of the molecule is CCOc1cccc(NC(=O)C(C#N)=Cc2ccc(OCc3ccc(Cl)c(Cl)c3)c(OC)c2)c1. The summed E-state index contributed by atoms with van der Waals surface area (Å²) in [6, 6.07) is 19.3. The van der Waals surface area contributed by atoms with Gasteiger partial charge in [0.25, 0.3) is 5.91 Å². The second-order valence-electron chi connectivity index (χ2n) is 7.03. The van der Waals surface area contributed by atoms with Gasteiger partial charge in [0.15, 0.2) is 11.5 Å². The van der Waals surface area contributed by atoms with Crippen LogP contribution in [0.25, 0.3) is 6.08 Å². The summed E-state index contributed by atoms with van der Waals surface area (Å²) in [5.74, 6) is 1.05. The number of amides is 1. The van der Waals surface area contributed by atoms with Gasteiger partial charge in [-0.3, -0.25) is 4.79 Å². The molecule has 0 atom stereocenters. The van der Waals surface area contributed by atoms with Crippen LogP contribution < -0.4 is 19.5 Å². The summed E-state index contributed by atoms with van der Waals surface area (Å²) >= 11 is 12.0. The third-order valence-electron chi connectivity index (χ3n) is 4.65. The first-order valence-corrected chi connectivity index (χ1v) is 11.1. The number of anilines is 1. The van der Waals surface area contributed by atoms with Crippen molar-refractivity contribution in [2.24, 2.45) is 0 Å². The molecular weight excluding hydrogens is 475 g/mol. The van der Waals surface area contributed by atoms with Crippen LogP contribution >= 0.6 is 23.2 Å². The molecule has 0 aromatic heterocycles. The lowest BCUT2D eigenvalue weighted by atomic mass is 10.1. The van der Waals surface area contributed by atoms with E-state index in [1.807, 2.05) is 19.1 Å². The summed E-state index contributed by atoms with van der Waals surface area (Å²) in [7, 11) is 1.51. The average molecular weight is 497 g/mol. The molecule has 6 nitrogen and oxygen atoms in total. The highest BCUT2D eigenvalue weighted by atomic mass is 35.5. The van der Waals surface area contributed by atoms with E-state index in [2.05, 4.69) is 5.32 Å². The summed E-state index contributed by atoms with van der Waals surface area (Å²) in [5.41, 5.74) is 1.92. The first-order chi connectivity index (χ1) is 16.4. The molecule has 0 radical (unpaired) electrons. The van der Waals surface area contributed by atoms with Gasteiger partial charge in [0.1, 0.15) is 24.0 Å². The predicted molar refractivity (Wildman–Crippen MR) is 134 cm³/mol. The number of nitrogens with zero attached hydrogens (tertiary/aromatic N) is 1. The zero-order chi connectivity index (χ0) is 24.5. The molecule has 8 heteroatoms. The third-order valence-corrected chi connectivity index (χ3v) is 5.38. The third kappa shape index (κ3) is 6.67. The van der Waals surface area contributed by atoms with Crippen LogP contribution in [0.4, 0.5) is 5.69 Å². The van der Waals surface area contributed by atoms with Crippen molar-refractivity contribution in [3.8, 4) is 23.3 Å². The smallest absolute Gasteiger partial charge is 0.266 e. The fourth-order valence-electron chi connectivity index (χ4n) is 3.03. The van der Waals surface area contributed by atoms with Crippen molar-refractivity contribution in [2.45, 2.75) is 13.5 Å². The molecule has 3 aromatic rings. The van der Waals surface area contributed by atoms with Crippen molar-refractivity contribution in [3.05, 3.63) is 87.4 Å². The summed E-state index contributed by atoms with van der Waals surface area (Å²) in [5, 5.41) is 13.2. The number of benzene rings is 3. The Hall–Kier alpha value is -3.66. The maximum absolute atomic E-state index is 12.6. The quantitative estimate of drug-likeness (QED) is 0.269. The minimum absolute atomic E-state index is 0.0617. The molecule has 0 heterocycles. The molecule has 1 N–H and O–H groups in total. The molecule has 3 aromatic carbocycles. The van der Waals surface area contributed by atoms with E-state index in [4.69, 9.17) is 37.4 Å². The number of hydrogen-bond acceptors (Lipinski definition) is 5. The molecule has 1 amide bonds. The van der Waals surface area contributed by atoms with Crippen LogP contribution in [-0.2, 0) is 11.4 Å². The number of hydrogen-bond donors (Lipinski definition) is 1. The first-order valence-electron chi connectivity index (χ1n) is 10.3. The van der Waals surface area contributed by atoms with Crippen molar-refractivity contribution in [1.29, 1.82) is 5.26 Å². The van der Waals surface area contributed by atoms with Gasteiger partial charge < -0.3 is 19.5 Å². The Morgan fingerprint density at radius 3 is 2.56 bits per heavy atom. The monoisotopic (exact) mass is 496 g/mol. The Bertz CT molecular complexity index is 1250. The van der Waals surface area contributed by atoms with Gasteiger partial charge in [-0.05, 0) is 60.5 Å². The summed E-state index contributed by atoms with van der Waals surface area (Å²) in [4.78, 5) is 12.6. The van der Waals surface area contributed by atoms with E-state index in [1.165, 1.54) is 13.2 Å². The molecular formula is C26H22Cl2N2O4. The van der Waals surface area contributed by atoms with E-state index < -0.39 is 5.91 Å². The molecule has 0 aliphatic heterocycles. The Labute approximate surface area is 208 Å². The molecule has 0 saturated heterocycles. The fourth-order valence-corrected chi connectivity index (χ4v) is 3.35. The van der Waals surface area contributed by atoms with Gasteiger partial charge in [0, 0.05) is 11.8 Å². The second kappa shape index (κ2) is 12.0. The van der Waals surface area contributed by atoms with Crippen molar-refractivity contribution in [1.82, 2.24) is 0 Å². The first kappa shape index (κ1) is 25.0. The maximum Gasteiger partial charge on any atom is 0.266 e. The molecule has 0 unspecified atom stereocenters. The van der Waals surface area contributed by atoms with Crippen LogP contribution in [-0.4, -0.2) is 19.6 Å². The number of carbonyl (C=O) groups excluding carboxylic acids is 1. The molecule has 34 heavy (non-hydrogen) atoms. The van der Waals surface area contributed by atoms with Crippen molar-refractivity contribution >= 4 is 40.9 Å². The summed E-state index contributed by atoms with van der Waals surface area (Å²) in [6.07, 6.45) is 1.48. The zero-order valence-electron chi connectivity index (χ0n) is 18.6. The number of halogens is 2. The molecule has 0 saturated carbocycles. The summed E-state index contributed by atoms with van der Waals surface area (Å²) in [6.45, 7) is 2.64. The van der Waals surface area contributed by atoms with E-state index in [9.17, 15) is 10.1 Å². The van der Waals surface area contributed by atoms with E-state index in [1.54, 1.807) is 54.6 Å². The van der Waals surface area contributed by atoms with E-state index in [0.717, 1.165) is 5.56 Å². The van der Waals surface area contributed by atoms with Crippen LogP contribution in [0.3, 0.4) is 0 Å². The topological polar surface area (TPSA) is 80.6 Å². The van der Waals surface area contributed by atoms with Crippen LogP contribution in [0.1, 0.15) is 18.1 Å². The lowest BCUT2D eigenvalue weighted by Crippen LogP contribution is -2.13. The number of methoxy groups -OCH3 is 1. The Kier molecular flexibility index (Phi) is 8.80. The maximum atomic E-state index is 12.6. The number of ether oxygens (including phenoxy) is 3. The van der Waals surface area contributed by atoms with Crippen molar-refractivity contribution < 1.29 is 19.0 Å². The van der Waals surface area contributed by atoms with Crippen molar-refractivity contribution in [2.75, 3.05) is 19.0 Å². The van der Waals surface area contributed by atoms with Gasteiger partial charge >= 0.3 is 0 Å². The van der Waals surface area contributed by atoms with Crippen LogP contribution in [0.2, 0.25) is 10.0 Å². The predicted octanol–water partition coefficient (Wildman–Crippen LogP) is 6.53. The molecule has 0 aliphatic rings. The molecule has 0 bridgehead atoms. The lowest BCUT2D eigenvalue weighted by Gasteiger charge is -2.12. The summed E-state index contributed by atoms with van der Waals surface area (Å²) < 4.78 is 16.7. The highest BCUT2D eigenvalue weighted by molar-refractivity contribution is 6.42. The Morgan fingerprint density at radius 1 is 1.03 bits per heavy atom. The number of nitriles is 1. The van der Waals surface area contributed by atoms with Crippen molar-refractivity contribution in [3.63, 3.8) is 0 Å². The van der Waals surface area contributed by atoms with E-state index >= 15 is 0 Å². The molecule has 3 rings (SSSR count). The van der Waals surface area contributed by atoms with E-state index in [0.29, 0.717) is 45.2 Å². The zero-order valence-corrected chi connectivity index (χ0v) is 20.1. The van der Waals surface area contributed by atoms with Gasteiger partial charge in [-0.1, -0.05) is 41.4 Å². The Balaban J connectivity index is 1.74. The van der Waals surface area contributed by atoms with Crippen LogP contribution in [0, 0.1) is 11.3 Å². The number of carbonyl (C=O) groups is 1. The molecule has 174 valence electrons. The Morgan fingerprint density at radius 2 is 1.85 bits per heavy atom. The lowest BCUT2D eigenvalue weighted by molar-refractivity contribution is -0.112. The fraction of sp³-hybridized carbons (Fsp3) is 0.154. The highest BCUT2D eigenvalue weighted by Crippen LogP contribution is 2.30. The van der Waals surface area contributed by atoms with Crippen LogP contribution in [0.5, 0.6) is 17.2 Å². The van der Waals surface area contributed by atoms with Gasteiger partial charge in [-0.15, -0.1) is 0 Å². The minimum atomic E-state index is -0.532. The van der Waals surface area contributed by atoms with Gasteiger partial charge in [-0.2, -0.15) is 5.26 Å². The van der Waals surface area contributed by atoms with E-state index in [-0.39, 0.29) is 12.2 Å². The largest absolute Gasteiger partial charge is 0.494 e. The highest BCUT2D eigenvalue weighted by Gasteiger charge is 2.12. The van der Waals surface area contributed by atoms with Gasteiger partial charge in [-0.25, -0.2) is 0 Å². The van der Waals surface area contributed by atoms with Gasteiger partial charge in [0.05, 0.1) is 23.8 Å². The normalized spacial score (nSPS) is 10.9. The number of nitrogens with one attached hydrogen (secondary N) is 1. The molecule has 0 aliphatic carbocycles. The molecule has 0 fully saturated rings. The van der Waals surface area contributed by atoms with Gasteiger partial charge in [0.2, 0.25) is 0 Å². The second-order valence-corrected chi connectivity index (χ2v) is 7.85. The average Bonchev–Trinajstić information content (AvgIpc) is 2.84. The standard InChI is InChI=1S/C26H22Cl2N2O4/c1-3-33-21-6-4-5-20(14-21)30-26(31)19(15-29)11-17-8-10-24(25(13-17)32-2)34-16-18-7-9-22(27)23(28)12-18/h4-14H,3,16H2,1-2H3,(H,30,31). The molecule has 0 spiro atoms. The number of rotatable bonds is 9.